The fourth-order valence-corrected chi connectivity index (χ4v) is 1.28. The van der Waals surface area contributed by atoms with E-state index in [4.69, 9.17) is 4.74 Å². The number of carbonyl (C=O) groups excluding carboxylic acids is 1. The fraction of sp³-hybridized carbons (Fsp3) is 0.538. The number of hydrogen-bond donors (Lipinski definition) is 1. The van der Waals surface area contributed by atoms with Gasteiger partial charge >= 0.3 is 0 Å². The van der Waals surface area contributed by atoms with Gasteiger partial charge in [-0.1, -0.05) is 6.07 Å². The number of carbonyl (C=O) groups is 1. The number of nitrogens with zero attached hydrogens (tertiary/aromatic N) is 1. The number of rotatable bonds is 4. The SMILES string of the molecule is CC(NC(=O)COC(C)(C)C)c1cccnc1. The van der Waals surface area contributed by atoms with Crippen LogP contribution in [0.3, 0.4) is 0 Å². The van der Waals surface area contributed by atoms with E-state index in [1.165, 1.54) is 0 Å². The minimum Gasteiger partial charge on any atom is -0.366 e. The summed E-state index contributed by atoms with van der Waals surface area (Å²) < 4.78 is 5.40. The number of aromatic nitrogens is 1. The summed E-state index contributed by atoms with van der Waals surface area (Å²) in [5.41, 5.74) is 0.686. The summed E-state index contributed by atoms with van der Waals surface area (Å²) in [6.07, 6.45) is 3.45. The molecule has 1 atom stereocenters. The van der Waals surface area contributed by atoms with Crippen LogP contribution in [-0.2, 0) is 9.53 Å². The predicted octanol–water partition coefficient (Wildman–Crippen LogP) is 2.07. The van der Waals surface area contributed by atoms with E-state index in [2.05, 4.69) is 10.3 Å². The second-order valence-corrected chi connectivity index (χ2v) is 4.98. The zero-order valence-electron chi connectivity index (χ0n) is 10.9. The van der Waals surface area contributed by atoms with E-state index in [0.717, 1.165) is 5.56 Å². The number of hydrogen-bond acceptors (Lipinski definition) is 3. The first kappa shape index (κ1) is 13.6. The van der Waals surface area contributed by atoms with Gasteiger partial charge in [0.15, 0.2) is 0 Å². The Labute approximate surface area is 102 Å². The van der Waals surface area contributed by atoms with Crippen LogP contribution in [0.5, 0.6) is 0 Å². The lowest BCUT2D eigenvalue weighted by atomic mass is 10.1. The van der Waals surface area contributed by atoms with Gasteiger partial charge in [0.25, 0.3) is 0 Å². The molecule has 1 aromatic rings. The Hall–Kier alpha value is -1.42. The first-order chi connectivity index (χ1) is 7.88. The lowest BCUT2D eigenvalue weighted by Crippen LogP contribution is -2.33. The molecule has 0 saturated carbocycles. The molecule has 1 unspecified atom stereocenters. The Kier molecular flexibility index (Phi) is 4.63. The van der Waals surface area contributed by atoms with Crippen LogP contribution < -0.4 is 5.32 Å². The van der Waals surface area contributed by atoms with Crippen molar-refractivity contribution in [2.45, 2.75) is 39.3 Å². The van der Waals surface area contributed by atoms with Gasteiger partial charge in [-0.25, -0.2) is 0 Å². The molecule has 4 nitrogen and oxygen atoms in total. The number of nitrogens with one attached hydrogen (secondary N) is 1. The average Bonchev–Trinajstić information content (AvgIpc) is 2.27. The zero-order valence-corrected chi connectivity index (χ0v) is 10.9. The van der Waals surface area contributed by atoms with Gasteiger partial charge in [0.05, 0.1) is 11.6 Å². The first-order valence-corrected chi connectivity index (χ1v) is 5.72. The monoisotopic (exact) mass is 236 g/mol. The minimum absolute atomic E-state index is 0.0558. The second-order valence-electron chi connectivity index (χ2n) is 4.98. The molecule has 0 aliphatic rings. The highest BCUT2D eigenvalue weighted by Crippen LogP contribution is 2.10. The Morgan fingerprint density at radius 2 is 2.24 bits per heavy atom. The lowest BCUT2D eigenvalue weighted by Gasteiger charge is -2.20. The maximum atomic E-state index is 11.6. The van der Waals surface area contributed by atoms with E-state index in [9.17, 15) is 4.79 Å². The van der Waals surface area contributed by atoms with Crippen LogP contribution in [0.2, 0.25) is 0 Å². The summed E-state index contributed by atoms with van der Waals surface area (Å²) >= 11 is 0. The summed E-state index contributed by atoms with van der Waals surface area (Å²) in [7, 11) is 0. The van der Waals surface area contributed by atoms with E-state index in [1.54, 1.807) is 12.4 Å². The summed E-state index contributed by atoms with van der Waals surface area (Å²) in [5.74, 6) is -0.115. The molecule has 1 rings (SSSR count). The fourth-order valence-electron chi connectivity index (χ4n) is 1.28. The zero-order chi connectivity index (χ0) is 12.9. The van der Waals surface area contributed by atoms with Crippen LogP contribution in [0.15, 0.2) is 24.5 Å². The van der Waals surface area contributed by atoms with Crippen molar-refractivity contribution >= 4 is 5.91 Å². The molecule has 4 heteroatoms. The van der Waals surface area contributed by atoms with Gasteiger partial charge in [-0.3, -0.25) is 9.78 Å². The van der Waals surface area contributed by atoms with Gasteiger partial charge in [-0.05, 0) is 39.3 Å². The van der Waals surface area contributed by atoms with Crippen molar-refractivity contribution in [3.63, 3.8) is 0 Å². The number of amides is 1. The molecule has 1 amide bonds. The molecule has 0 aliphatic heterocycles. The van der Waals surface area contributed by atoms with Gasteiger partial charge in [0.2, 0.25) is 5.91 Å². The topological polar surface area (TPSA) is 51.2 Å². The molecule has 1 heterocycles. The molecular weight excluding hydrogens is 216 g/mol. The largest absolute Gasteiger partial charge is 0.366 e. The van der Waals surface area contributed by atoms with E-state index >= 15 is 0 Å². The molecule has 0 saturated heterocycles. The van der Waals surface area contributed by atoms with Crippen molar-refractivity contribution in [3.05, 3.63) is 30.1 Å². The van der Waals surface area contributed by atoms with Gasteiger partial charge in [-0.2, -0.15) is 0 Å². The van der Waals surface area contributed by atoms with Crippen LogP contribution in [0.4, 0.5) is 0 Å². The second kappa shape index (κ2) is 5.77. The standard InChI is InChI=1S/C13H20N2O2/c1-10(11-6-5-7-14-8-11)15-12(16)9-17-13(2,3)4/h5-8,10H,9H2,1-4H3,(H,15,16). The summed E-state index contributed by atoms with van der Waals surface area (Å²) in [4.78, 5) is 15.6. The van der Waals surface area contributed by atoms with Gasteiger partial charge < -0.3 is 10.1 Å². The van der Waals surface area contributed by atoms with Crippen molar-refractivity contribution < 1.29 is 9.53 Å². The smallest absolute Gasteiger partial charge is 0.246 e. The minimum atomic E-state index is -0.297. The third kappa shape index (κ3) is 5.45. The third-order valence-electron chi connectivity index (χ3n) is 2.20. The molecule has 17 heavy (non-hydrogen) atoms. The first-order valence-electron chi connectivity index (χ1n) is 5.72. The van der Waals surface area contributed by atoms with E-state index in [0.29, 0.717) is 0 Å². The Morgan fingerprint density at radius 3 is 2.76 bits per heavy atom. The molecule has 0 aliphatic carbocycles. The Bertz CT molecular complexity index is 357. The summed E-state index contributed by atoms with van der Waals surface area (Å²) in [6.45, 7) is 7.76. The maximum absolute atomic E-state index is 11.6. The summed E-state index contributed by atoms with van der Waals surface area (Å²) in [5, 5.41) is 2.86. The molecule has 0 aromatic carbocycles. The molecule has 1 N–H and O–H groups in total. The van der Waals surface area contributed by atoms with Crippen molar-refractivity contribution in [1.82, 2.24) is 10.3 Å². The van der Waals surface area contributed by atoms with Gasteiger partial charge in [0.1, 0.15) is 6.61 Å². The predicted molar refractivity (Wildman–Crippen MR) is 66.5 cm³/mol. The van der Waals surface area contributed by atoms with Gasteiger partial charge in [-0.15, -0.1) is 0 Å². The van der Waals surface area contributed by atoms with Crippen molar-refractivity contribution in [2.24, 2.45) is 0 Å². The highest BCUT2D eigenvalue weighted by molar-refractivity contribution is 5.77. The number of ether oxygens (including phenoxy) is 1. The maximum Gasteiger partial charge on any atom is 0.246 e. The molecule has 0 bridgehead atoms. The van der Waals surface area contributed by atoms with Crippen molar-refractivity contribution in [2.75, 3.05) is 6.61 Å². The highest BCUT2D eigenvalue weighted by Gasteiger charge is 2.14. The molecular formula is C13H20N2O2. The van der Waals surface area contributed by atoms with E-state index in [-0.39, 0.29) is 24.2 Å². The molecule has 0 fully saturated rings. The van der Waals surface area contributed by atoms with Crippen LogP contribution in [0.25, 0.3) is 0 Å². The Balaban J connectivity index is 2.42. The van der Waals surface area contributed by atoms with E-state index in [1.807, 2.05) is 39.8 Å². The van der Waals surface area contributed by atoms with Crippen LogP contribution >= 0.6 is 0 Å². The quantitative estimate of drug-likeness (QED) is 0.870. The van der Waals surface area contributed by atoms with Crippen molar-refractivity contribution in [3.8, 4) is 0 Å². The number of pyridine rings is 1. The van der Waals surface area contributed by atoms with Crippen LogP contribution in [-0.4, -0.2) is 23.1 Å². The van der Waals surface area contributed by atoms with E-state index < -0.39 is 0 Å². The normalized spacial score (nSPS) is 13.2. The summed E-state index contributed by atoms with van der Waals surface area (Å²) in [6, 6.07) is 3.73. The molecule has 0 spiro atoms. The highest BCUT2D eigenvalue weighted by atomic mass is 16.5. The third-order valence-corrected chi connectivity index (χ3v) is 2.20. The van der Waals surface area contributed by atoms with Crippen LogP contribution in [0, 0.1) is 0 Å². The average molecular weight is 236 g/mol. The Morgan fingerprint density at radius 1 is 1.53 bits per heavy atom. The molecule has 1 aromatic heterocycles. The van der Waals surface area contributed by atoms with Crippen molar-refractivity contribution in [1.29, 1.82) is 0 Å². The lowest BCUT2D eigenvalue weighted by molar-refractivity contribution is -0.131. The molecule has 0 radical (unpaired) electrons. The molecule has 94 valence electrons. The van der Waals surface area contributed by atoms with Gasteiger partial charge in [0, 0.05) is 12.4 Å². The van der Waals surface area contributed by atoms with Crippen LogP contribution in [0.1, 0.15) is 39.3 Å².